The van der Waals surface area contributed by atoms with Gasteiger partial charge in [0.05, 0.1) is 24.6 Å². The third-order valence-electron chi connectivity index (χ3n) is 5.38. The molecule has 1 unspecified atom stereocenters. The van der Waals surface area contributed by atoms with Crippen LogP contribution in [-0.4, -0.2) is 23.5 Å². The molecule has 1 fully saturated rings. The molecule has 2 amide bonds. The topological polar surface area (TPSA) is 51.5 Å². The van der Waals surface area contributed by atoms with Gasteiger partial charge in [0.1, 0.15) is 5.75 Å². The van der Waals surface area contributed by atoms with Crippen LogP contribution in [0.1, 0.15) is 24.1 Å². The highest BCUT2D eigenvalue weighted by Gasteiger charge is 2.54. The molecule has 0 saturated carbocycles. The van der Waals surface area contributed by atoms with Gasteiger partial charge in [0.15, 0.2) is 0 Å². The molecule has 5 nitrogen and oxygen atoms in total. The van der Waals surface area contributed by atoms with Crippen molar-refractivity contribution in [2.45, 2.75) is 19.3 Å². The van der Waals surface area contributed by atoms with E-state index in [1.54, 1.807) is 31.4 Å². The first-order valence-corrected chi connectivity index (χ1v) is 8.19. The second kappa shape index (κ2) is 5.23. The van der Waals surface area contributed by atoms with Crippen LogP contribution in [0.4, 0.5) is 5.69 Å². The summed E-state index contributed by atoms with van der Waals surface area (Å²) in [5, 5.41) is 0. The van der Waals surface area contributed by atoms with E-state index in [0.717, 1.165) is 12.0 Å². The summed E-state index contributed by atoms with van der Waals surface area (Å²) in [6.07, 6.45) is 2.81. The number of ether oxygens (including phenoxy) is 1. The zero-order chi connectivity index (χ0) is 17.0. The van der Waals surface area contributed by atoms with Crippen LogP contribution in [-0.2, 0) is 23.1 Å². The zero-order valence-electron chi connectivity index (χ0n) is 14.0. The maximum Gasteiger partial charge on any atom is 0.242 e. The van der Waals surface area contributed by atoms with E-state index < -0.39 is 0 Å². The maximum atomic E-state index is 13.1. The summed E-state index contributed by atoms with van der Waals surface area (Å²) in [6, 6.07) is 9.07. The van der Waals surface area contributed by atoms with Crippen LogP contribution < -0.4 is 9.64 Å². The average Bonchev–Trinajstić information content (AvgIpc) is 3.07. The second-order valence-electron chi connectivity index (χ2n) is 6.72. The van der Waals surface area contributed by atoms with E-state index in [1.165, 1.54) is 10.6 Å². The third-order valence-corrected chi connectivity index (χ3v) is 5.38. The highest BCUT2D eigenvalue weighted by molar-refractivity contribution is 6.24. The van der Waals surface area contributed by atoms with Gasteiger partial charge in [0.2, 0.25) is 11.8 Å². The lowest BCUT2D eigenvalue weighted by Crippen LogP contribution is -2.32. The molecule has 0 bridgehead atoms. The molecule has 1 aliphatic heterocycles. The Morgan fingerprint density at radius 3 is 2.46 bits per heavy atom. The lowest BCUT2D eigenvalue weighted by Gasteiger charge is -2.28. The van der Waals surface area contributed by atoms with Crippen molar-refractivity contribution in [3.63, 3.8) is 0 Å². The van der Waals surface area contributed by atoms with E-state index in [2.05, 4.69) is 11.5 Å². The summed E-state index contributed by atoms with van der Waals surface area (Å²) < 4.78 is 7.22. The number of methoxy groups -OCH3 is 1. The molecule has 24 heavy (non-hydrogen) atoms. The minimum atomic E-state index is -0.362. The largest absolute Gasteiger partial charge is 0.497 e. The Balaban J connectivity index is 1.78. The number of amides is 2. The highest BCUT2D eigenvalue weighted by atomic mass is 16.5. The predicted molar refractivity (Wildman–Crippen MR) is 90.0 cm³/mol. The summed E-state index contributed by atoms with van der Waals surface area (Å²) in [5.74, 6) is 0.0187. The molecule has 0 radical (unpaired) electrons. The van der Waals surface area contributed by atoms with Crippen LogP contribution in [0, 0.1) is 11.8 Å². The third kappa shape index (κ3) is 1.94. The Morgan fingerprint density at radius 2 is 1.79 bits per heavy atom. The molecule has 1 aromatic carbocycles. The highest BCUT2D eigenvalue weighted by Crippen LogP contribution is 2.47. The summed E-state index contributed by atoms with van der Waals surface area (Å²) in [4.78, 5) is 27.4. The molecule has 1 aromatic heterocycles. The van der Waals surface area contributed by atoms with Gasteiger partial charge in [-0.2, -0.15) is 0 Å². The van der Waals surface area contributed by atoms with E-state index in [-0.39, 0.29) is 29.6 Å². The second-order valence-corrected chi connectivity index (χ2v) is 6.72. The van der Waals surface area contributed by atoms with Crippen LogP contribution in [0.2, 0.25) is 0 Å². The van der Waals surface area contributed by atoms with E-state index in [1.807, 2.05) is 19.3 Å². The molecule has 2 aliphatic rings. The summed E-state index contributed by atoms with van der Waals surface area (Å²) >= 11 is 0. The summed E-state index contributed by atoms with van der Waals surface area (Å²) in [5.41, 5.74) is 2.79. The molecule has 124 valence electrons. The molecule has 3 atom stereocenters. The Labute approximate surface area is 140 Å². The molecule has 1 saturated heterocycles. The molecular formula is C19H20N2O3. The number of fused-ring (bicyclic) bond motifs is 3. The molecule has 1 aliphatic carbocycles. The lowest BCUT2D eigenvalue weighted by atomic mass is 9.73. The fraction of sp³-hybridized carbons (Fsp3) is 0.368. The van der Waals surface area contributed by atoms with Gasteiger partial charge in [0.25, 0.3) is 0 Å². The van der Waals surface area contributed by atoms with Crippen molar-refractivity contribution in [1.82, 2.24) is 4.57 Å². The Kier molecular flexibility index (Phi) is 3.27. The van der Waals surface area contributed by atoms with Crippen molar-refractivity contribution < 1.29 is 14.3 Å². The predicted octanol–water partition coefficient (Wildman–Crippen LogP) is 2.50. The van der Waals surface area contributed by atoms with Crippen LogP contribution in [0.3, 0.4) is 0 Å². The molecule has 2 aromatic rings. The van der Waals surface area contributed by atoms with Gasteiger partial charge in [-0.3, -0.25) is 9.59 Å². The van der Waals surface area contributed by atoms with Gasteiger partial charge in [-0.25, -0.2) is 4.90 Å². The number of nitrogens with zero attached hydrogens (tertiary/aromatic N) is 2. The summed E-state index contributed by atoms with van der Waals surface area (Å²) in [7, 11) is 3.59. The van der Waals surface area contributed by atoms with Crippen LogP contribution >= 0.6 is 0 Å². The number of rotatable bonds is 2. The molecule has 0 N–H and O–H groups in total. The number of aryl methyl sites for hydroxylation is 1. The monoisotopic (exact) mass is 324 g/mol. The van der Waals surface area contributed by atoms with Gasteiger partial charge in [-0.05, 0) is 48.2 Å². The van der Waals surface area contributed by atoms with Gasteiger partial charge < -0.3 is 9.30 Å². The first kappa shape index (κ1) is 15.0. The zero-order valence-corrected chi connectivity index (χ0v) is 14.0. The minimum Gasteiger partial charge on any atom is -0.497 e. The van der Waals surface area contributed by atoms with Crippen molar-refractivity contribution in [2.75, 3.05) is 12.0 Å². The first-order chi connectivity index (χ1) is 11.5. The smallest absolute Gasteiger partial charge is 0.242 e. The lowest BCUT2D eigenvalue weighted by molar-refractivity contribution is -0.122. The van der Waals surface area contributed by atoms with Crippen molar-refractivity contribution in [3.05, 3.63) is 47.8 Å². The van der Waals surface area contributed by atoms with Crippen LogP contribution in [0.15, 0.2) is 36.5 Å². The number of aromatic nitrogens is 1. The molecule has 0 spiro atoms. The number of hydrogen-bond donors (Lipinski definition) is 0. The molecule has 4 rings (SSSR count). The Bertz CT molecular complexity index is 822. The Morgan fingerprint density at radius 1 is 1.08 bits per heavy atom. The van der Waals surface area contributed by atoms with Crippen LogP contribution in [0.5, 0.6) is 5.75 Å². The number of carbonyl (C=O) groups is 2. The van der Waals surface area contributed by atoms with Crippen molar-refractivity contribution in [3.8, 4) is 5.75 Å². The standard InChI is InChI=1S/C19H20N2O3/c1-11-10-15-14(8-9-20(15)2)17-16(11)18(22)21(19(17)23)12-4-6-13(24-3)7-5-12/h4-9,11,16-17H,10H2,1-3H3/t11?,16-,17+/m0/s1. The van der Waals surface area contributed by atoms with Crippen molar-refractivity contribution in [1.29, 1.82) is 0 Å². The summed E-state index contributed by atoms with van der Waals surface area (Å²) in [6.45, 7) is 2.07. The first-order valence-electron chi connectivity index (χ1n) is 8.19. The van der Waals surface area contributed by atoms with Gasteiger partial charge in [0, 0.05) is 18.9 Å². The van der Waals surface area contributed by atoms with Gasteiger partial charge in [-0.15, -0.1) is 0 Å². The number of benzene rings is 1. The van der Waals surface area contributed by atoms with E-state index >= 15 is 0 Å². The van der Waals surface area contributed by atoms with E-state index in [4.69, 9.17) is 4.74 Å². The maximum absolute atomic E-state index is 13.1. The normalized spacial score (nSPS) is 25.6. The van der Waals surface area contributed by atoms with Crippen molar-refractivity contribution >= 4 is 17.5 Å². The molecule has 2 heterocycles. The minimum absolute atomic E-state index is 0.0860. The van der Waals surface area contributed by atoms with Gasteiger partial charge in [-0.1, -0.05) is 6.92 Å². The Hall–Kier alpha value is -2.56. The van der Waals surface area contributed by atoms with E-state index in [9.17, 15) is 9.59 Å². The number of carbonyl (C=O) groups excluding carboxylic acids is 2. The number of hydrogen-bond acceptors (Lipinski definition) is 3. The van der Waals surface area contributed by atoms with Crippen LogP contribution in [0.25, 0.3) is 0 Å². The number of imide groups is 1. The van der Waals surface area contributed by atoms with Gasteiger partial charge >= 0.3 is 0 Å². The van der Waals surface area contributed by atoms with Crippen molar-refractivity contribution in [2.24, 2.45) is 18.9 Å². The molecular weight excluding hydrogens is 304 g/mol. The van der Waals surface area contributed by atoms with E-state index in [0.29, 0.717) is 11.4 Å². The quantitative estimate of drug-likeness (QED) is 0.798. The molecule has 5 heteroatoms. The fourth-order valence-corrected chi connectivity index (χ4v) is 4.14. The fourth-order valence-electron chi connectivity index (χ4n) is 4.14. The SMILES string of the molecule is COc1ccc(N2C(=O)[C@@H]3c4ccn(C)c4CC(C)[C@@H]3C2=O)cc1. The average molecular weight is 324 g/mol. The number of anilines is 1.